The summed E-state index contributed by atoms with van der Waals surface area (Å²) in [5, 5.41) is 0. The maximum atomic E-state index is 10.8. The molecule has 2 nitrogen and oxygen atoms in total. The maximum Gasteiger partial charge on any atom is 0.134 e. The van der Waals surface area contributed by atoms with Gasteiger partial charge in [-0.3, -0.25) is 4.79 Å². The summed E-state index contributed by atoms with van der Waals surface area (Å²) < 4.78 is 5.43. The van der Waals surface area contributed by atoms with E-state index in [4.69, 9.17) is 4.74 Å². The van der Waals surface area contributed by atoms with Gasteiger partial charge in [0.1, 0.15) is 11.5 Å². The summed E-state index contributed by atoms with van der Waals surface area (Å²) in [6.45, 7) is 4.41. The molecule has 0 saturated carbocycles. The zero-order valence-corrected chi connectivity index (χ0v) is 10.9. The third kappa shape index (κ3) is 5.57. The molecule has 0 N–H and O–H groups in total. The number of carbonyl (C=O) groups is 1. The summed E-state index contributed by atoms with van der Waals surface area (Å²) in [6.07, 6.45) is 1.52. The molecule has 0 unspecified atom stereocenters. The normalized spacial score (nSPS) is 9.20. The van der Waals surface area contributed by atoms with Gasteiger partial charge in [0, 0.05) is 6.42 Å². The molecule has 0 fully saturated rings. The second kappa shape index (κ2) is 7.46. The summed E-state index contributed by atoms with van der Waals surface area (Å²) >= 11 is 0. The molecule has 0 saturated heterocycles. The van der Waals surface area contributed by atoms with Gasteiger partial charge in [-0.05, 0) is 31.0 Å². The molecular weight excluding hydrogens is 256 g/mol. The number of benzene rings is 1. The van der Waals surface area contributed by atoms with Crippen LogP contribution in [0.3, 0.4) is 0 Å². The summed E-state index contributed by atoms with van der Waals surface area (Å²) in [6, 6.07) is 7.70. The van der Waals surface area contributed by atoms with Crippen molar-refractivity contribution in [2.24, 2.45) is 0 Å². The van der Waals surface area contributed by atoms with E-state index in [1.807, 2.05) is 24.3 Å². The van der Waals surface area contributed by atoms with Crippen molar-refractivity contribution in [3.05, 3.63) is 29.8 Å². The second-order valence-electron chi connectivity index (χ2n) is 3.37. The second-order valence-corrected chi connectivity index (χ2v) is 3.37. The van der Waals surface area contributed by atoms with Gasteiger partial charge in [0.2, 0.25) is 0 Å². The van der Waals surface area contributed by atoms with E-state index >= 15 is 0 Å². The molecule has 0 aliphatic heterocycles. The van der Waals surface area contributed by atoms with E-state index < -0.39 is 0 Å². The molecule has 1 aromatic carbocycles. The molecule has 0 heterocycles. The molecule has 0 atom stereocenters. The fraction of sp³-hybridized carbons (Fsp3) is 0.417. The van der Waals surface area contributed by atoms with E-state index in [1.54, 1.807) is 6.92 Å². The van der Waals surface area contributed by atoms with Gasteiger partial charge in [-0.25, -0.2) is 0 Å². The van der Waals surface area contributed by atoms with Crippen LogP contribution in [0.2, 0.25) is 0 Å². The van der Waals surface area contributed by atoms with Gasteiger partial charge in [0.05, 0.1) is 6.61 Å². The van der Waals surface area contributed by atoms with Gasteiger partial charge in [-0.2, -0.15) is 0 Å². The molecule has 1 rings (SSSR count). The van der Waals surface area contributed by atoms with E-state index in [-0.39, 0.29) is 22.8 Å². The van der Waals surface area contributed by atoms with Crippen molar-refractivity contribution in [1.82, 2.24) is 0 Å². The zero-order valence-electron chi connectivity index (χ0n) is 9.16. The molecule has 0 aliphatic carbocycles. The van der Waals surface area contributed by atoms with Gasteiger partial charge in [0.15, 0.2) is 0 Å². The highest BCUT2D eigenvalue weighted by Gasteiger charge is 1.97. The van der Waals surface area contributed by atoms with Crippen LogP contribution in [0.4, 0.5) is 0 Å². The van der Waals surface area contributed by atoms with Crippen LogP contribution in [0.25, 0.3) is 0 Å². The first-order valence-corrected chi connectivity index (χ1v) is 4.93. The lowest BCUT2D eigenvalue weighted by atomic mass is 10.1. The molecule has 0 aliphatic rings. The number of ether oxygens (including phenoxy) is 1. The van der Waals surface area contributed by atoms with Crippen molar-refractivity contribution in [2.45, 2.75) is 26.7 Å². The molecule has 15 heavy (non-hydrogen) atoms. The Morgan fingerprint density at radius 3 is 2.33 bits per heavy atom. The fourth-order valence-corrected chi connectivity index (χ4v) is 1.21. The maximum absolute atomic E-state index is 10.8. The molecule has 0 radical (unpaired) electrons. The Labute approximate surface area is 101 Å². The molecule has 3 heteroatoms. The molecule has 0 bridgehead atoms. The minimum absolute atomic E-state index is 0. The van der Waals surface area contributed by atoms with E-state index in [0.29, 0.717) is 6.42 Å². The SMILES string of the molecule is Br.CCCOc1ccc(CC(C)=O)cc1. The number of halogens is 1. The topological polar surface area (TPSA) is 26.3 Å². The van der Waals surface area contributed by atoms with Crippen molar-refractivity contribution < 1.29 is 9.53 Å². The van der Waals surface area contributed by atoms with Gasteiger partial charge in [0.25, 0.3) is 0 Å². The highest BCUT2D eigenvalue weighted by molar-refractivity contribution is 8.93. The van der Waals surface area contributed by atoms with E-state index in [9.17, 15) is 4.79 Å². The number of carbonyl (C=O) groups excluding carboxylic acids is 1. The van der Waals surface area contributed by atoms with E-state index in [2.05, 4.69) is 6.92 Å². The lowest BCUT2D eigenvalue weighted by Crippen LogP contribution is -1.97. The number of hydrogen-bond donors (Lipinski definition) is 0. The van der Waals surface area contributed by atoms with Crippen LogP contribution in [-0.2, 0) is 11.2 Å². The Morgan fingerprint density at radius 2 is 1.87 bits per heavy atom. The lowest BCUT2D eigenvalue weighted by molar-refractivity contribution is -0.116. The number of Topliss-reactive ketones (excluding diaryl/α,β-unsaturated/α-hetero) is 1. The van der Waals surface area contributed by atoms with Crippen LogP contribution < -0.4 is 4.74 Å². The van der Waals surface area contributed by atoms with Gasteiger partial charge < -0.3 is 4.74 Å². The third-order valence-electron chi connectivity index (χ3n) is 1.85. The van der Waals surface area contributed by atoms with E-state index in [1.165, 1.54) is 0 Å². The monoisotopic (exact) mass is 272 g/mol. The molecule has 84 valence electrons. The lowest BCUT2D eigenvalue weighted by Gasteiger charge is -2.04. The smallest absolute Gasteiger partial charge is 0.134 e. The predicted octanol–water partition coefficient (Wildman–Crippen LogP) is 3.18. The van der Waals surface area contributed by atoms with Crippen LogP contribution in [0.15, 0.2) is 24.3 Å². The average Bonchev–Trinajstić information content (AvgIpc) is 2.16. The quantitative estimate of drug-likeness (QED) is 0.823. The highest BCUT2D eigenvalue weighted by Crippen LogP contribution is 2.12. The Balaban J connectivity index is 0.00000196. The number of ketones is 1. The van der Waals surface area contributed by atoms with Gasteiger partial charge >= 0.3 is 0 Å². The minimum atomic E-state index is 0. The Morgan fingerprint density at radius 1 is 1.27 bits per heavy atom. The summed E-state index contributed by atoms with van der Waals surface area (Å²) in [7, 11) is 0. The fourth-order valence-electron chi connectivity index (χ4n) is 1.21. The predicted molar refractivity (Wildman–Crippen MR) is 66.9 cm³/mol. The van der Waals surface area contributed by atoms with Crippen molar-refractivity contribution >= 4 is 22.8 Å². The Bertz CT molecular complexity index is 293. The summed E-state index contributed by atoms with van der Waals surface area (Å²) in [5.41, 5.74) is 1.04. The van der Waals surface area contributed by atoms with Gasteiger partial charge in [-0.1, -0.05) is 19.1 Å². The Kier molecular flexibility index (Phi) is 7.05. The average molecular weight is 273 g/mol. The zero-order chi connectivity index (χ0) is 10.4. The summed E-state index contributed by atoms with van der Waals surface area (Å²) in [5.74, 6) is 1.06. The molecule has 0 amide bonds. The van der Waals surface area contributed by atoms with Crippen molar-refractivity contribution in [2.75, 3.05) is 6.61 Å². The van der Waals surface area contributed by atoms with E-state index in [0.717, 1.165) is 24.3 Å². The number of hydrogen-bond acceptors (Lipinski definition) is 2. The molecule has 0 spiro atoms. The van der Waals surface area contributed by atoms with Crippen molar-refractivity contribution in [3.8, 4) is 5.75 Å². The van der Waals surface area contributed by atoms with Crippen LogP contribution in [0.5, 0.6) is 5.75 Å². The summed E-state index contributed by atoms with van der Waals surface area (Å²) in [4.78, 5) is 10.8. The molecule has 1 aromatic rings. The Hall–Kier alpha value is -0.830. The standard InChI is InChI=1S/C12H16O2.BrH/c1-3-8-14-12-6-4-11(5-7-12)9-10(2)13;/h4-7H,3,8-9H2,1-2H3;1H. The highest BCUT2D eigenvalue weighted by atomic mass is 79.9. The van der Waals surface area contributed by atoms with Crippen LogP contribution in [0, 0.1) is 0 Å². The molecule has 0 aromatic heterocycles. The first-order chi connectivity index (χ1) is 6.72. The minimum Gasteiger partial charge on any atom is -0.494 e. The van der Waals surface area contributed by atoms with Crippen molar-refractivity contribution in [3.63, 3.8) is 0 Å². The first kappa shape index (κ1) is 14.2. The largest absolute Gasteiger partial charge is 0.494 e. The van der Waals surface area contributed by atoms with Crippen LogP contribution >= 0.6 is 17.0 Å². The number of rotatable bonds is 5. The van der Waals surface area contributed by atoms with Crippen molar-refractivity contribution in [1.29, 1.82) is 0 Å². The molecular formula is C12H17BrO2. The third-order valence-corrected chi connectivity index (χ3v) is 1.85. The van der Waals surface area contributed by atoms with Crippen LogP contribution in [0.1, 0.15) is 25.8 Å². The first-order valence-electron chi connectivity index (χ1n) is 4.93. The van der Waals surface area contributed by atoms with Gasteiger partial charge in [-0.15, -0.1) is 17.0 Å². The van der Waals surface area contributed by atoms with Crippen LogP contribution in [-0.4, -0.2) is 12.4 Å².